The van der Waals surface area contributed by atoms with Crippen molar-refractivity contribution in [1.82, 2.24) is 25.6 Å². The Morgan fingerprint density at radius 1 is 1.35 bits per heavy atom. The molecule has 4 fully saturated rings. The van der Waals surface area contributed by atoms with E-state index in [1.165, 1.54) is 0 Å². The number of piperidine rings is 1. The van der Waals surface area contributed by atoms with Gasteiger partial charge in [-0.15, -0.1) is 0 Å². The number of likely N-dealkylation sites (tertiary alicyclic amines) is 1. The summed E-state index contributed by atoms with van der Waals surface area (Å²) in [7, 11) is 1.86. The lowest BCUT2D eigenvalue weighted by Gasteiger charge is -2.36. The van der Waals surface area contributed by atoms with E-state index in [0.717, 1.165) is 25.2 Å². The molecule has 4 aliphatic heterocycles. The van der Waals surface area contributed by atoms with E-state index in [1.54, 1.807) is 17.4 Å². The zero-order valence-corrected chi connectivity index (χ0v) is 17.5. The van der Waals surface area contributed by atoms with Gasteiger partial charge >= 0.3 is 0 Å². The van der Waals surface area contributed by atoms with Crippen LogP contribution in [0.1, 0.15) is 6.42 Å². The first-order chi connectivity index (χ1) is 14.9. The van der Waals surface area contributed by atoms with Gasteiger partial charge in [-0.05, 0) is 18.4 Å². The molecule has 0 spiro atoms. The Morgan fingerprint density at radius 2 is 2.19 bits per heavy atom. The molecule has 0 aliphatic carbocycles. The average molecular weight is 433 g/mol. The van der Waals surface area contributed by atoms with E-state index in [2.05, 4.69) is 25.9 Å². The molecule has 4 aliphatic rings. The number of alkyl halides is 1. The molecule has 1 aromatic rings. The van der Waals surface area contributed by atoms with Crippen LogP contribution in [0.5, 0.6) is 0 Å². The Kier molecular flexibility index (Phi) is 5.29. The van der Waals surface area contributed by atoms with E-state index in [-0.39, 0.29) is 37.0 Å². The minimum atomic E-state index is -1.01. The number of halogens is 1. The highest BCUT2D eigenvalue weighted by atomic mass is 19.1. The Labute approximate surface area is 180 Å². The van der Waals surface area contributed by atoms with E-state index in [9.17, 15) is 14.0 Å². The lowest BCUT2D eigenvalue weighted by molar-refractivity contribution is -0.130. The van der Waals surface area contributed by atoms with Gasteiger partial charge in [-0.25, -0.2) is 14.8 Å². The third-order valence-electron chi connectivity index (χ3n) is 6.98. The third kappa shape index (κ3) is 3.65. The highest BCUT2D eigenvalue weighted by Crippen LogP contribution is 2.36. The number of aromatic nitrogens is 1. The van der Waals surface area contributed by atoms with Crippen LogP contribution in [-0.2, 0) is 9.59 Å². The van der Waals surface area contributed by atoms with Crippen molar-refractivity contribution in [3.63, 3.8) is 0 Å². The number of amides is 2. The number of fused-ring (bicyclic) bond motifs is 2. The van der Waals surface area contributed by atoms with Gasteiger partial charge in [0.05, 0.1) is 41.7 Å². The second kappa shape index (κ2) is 7.97. The topological polar surface area (TPSA) is 119 Å². The molecule has 10 nitrogen and oxygen atoms in total. The molecule has 168 valence electrons. The van der Waals surface area contributed by atoms with Crippen LogP contribution in [0, 0.1) is 17.8 Å². The van der Waals surface area contributed by atoms with E-state index >= 15 is 0 Å². The van der Waals surface area contributed by atoms with Crippen LogP contribution >= 0.6 is 0 Å². The fourth-order valence-corrected chi connectivity index (χ4v) is 5.40. The Hall–Kier alpha value is -2.34. The van der Waals surface area contributed by atoms with Crippen LogP contribution in [-0.4, -0.2) is 85.0 Å². The van der Waals surface area contributed by atoms with Crippen LogP contribution in [0.3, 0.4) is 0 Å². The van der Waals surface area contributed by atoms with Crippen molar-refractivity contribution in [2.45, 2.75) is 24.9 Å². The van der Waals surface area contributed by atoms with Crippen LogP contribution in [0.25, 0.3) is 0 Å². The summed E-state index contributed by atoms with van der Waals surface area (Å²) >= 11 is 0. The van der Waals surface area contributed by atoms with Gasteiger partial charge in [0.25, 0.3) is 0 Å². The Morgan fingerprint density at radius 3 is 3.03 bits per heavy atom. The normalized spacial score (nSPS) is 35.8. The first-order valence-corrected chi connectivity index (χ1v) is 10.8. The van der Waals surface area contributed by atoms with E-state index in [1.807, 2.05) is 18.0 Å². The van der Waals surface area contributed by atoms with Gasteiger partial charge in [-0.1, -0.05) is 0 Å². The molecule has 5 N–H and O–H groups in total. The highest BCUT2D eigenvalue weighted by molar-refractivity contribution is 5.96. The molecule has 4 saturated heterocycles. The second-order valence-corrected chi connectivity index (χ2v) is 8.99. The number of hydrazine groups is 1. The van der Waals surface area contributed by atoms with Crippen LogP contribution in [0.15, 0.2) is 18.5 Å². The lowest BCUT2D eigenvalue weighted by Crippen LogP contribution is -2.58. The van der Waals surface area contributed by atoms with Gasteiger partial charge in [0, 0.05) is 46.0 Å². The summed E-state index contributed by atoms with van der Waals surface area (Å²) in [4.78, 5) is 33.8. The van der Waals surface area contributed by atoms with Crippen LogP contribution in [0.2, 0.25) is 0 Å². The summed E-state index contributed by atoms with van der Waals surface area (Å²) in [5.74, 6) is -0.281. The highest BCUT2D eigenvalue weighted by Gasteiger charge is 2.47. The van der Waals surface area contributed by atoms with Crippen molar-refractivity contribution >= 4 is 23.2 Å². The van der Waals surface area contributed by atoms with Crippen molar-refractivity contribution < 1.29 is 14.0 Å². The second-order valence-electron chi connectivity index (χ2n) is 8.99. The van der Waals surface area contributed by atoms with Crippen LogP contribution in [0.4, 0.5) is 15.8 Å². The minimum Gasteiger partial charge on any atom is -0.369 e. The first kappa shape index (κ1) is 20.6. The van der Waals surface area contributed by atoms with E-state index in [0.29, 0.717) is 18.2 Å². The summed E-state index contributed by atoms with van der Waals surface area (Å²) < 4.78 is 13.7. The van der Waals surface area contributed by atoms with Gasteiger partial charge in [0.2, 0.25) is 11.8 Å². The number of carbonyl (C=O) groups excluding carboxylic acids is 2. The fourth-order valence-electron chi connectivity index (χ4n) is 5.40. The number of hydrogen-bond donors (Lipinski definition) is 4. The van der Waals surface area contributed by atoms with E-state index in [4.69, 9.17) is 5.73 Å². The minimum absolute atomic E-state index is 0.0171. The molecule has 1 aromatic heterocycles. The van der Waals surface area contributed by atoms with Gasteiger partial charge < -0.3 is 20.9 Å². The number of rotatable bonds is 3. The molecule has 11 heteroatoms. The van der Waals surface area contributed by atoms with Gasteiger partial charge in [0.1, 0.15) is 6.17 Å². The molecule has 6 atom stereocenters. The molecule has 31 heavy (non-hydrogen) atoms. The summed E-state index contributed by atoms with van der Waals surface area (Å²) in [6, 6.07) is 1.87. The maximum atomic E-state index is 13.7. The fraction of sp³-hybridized carbons (Fsp3) is 0.650. The predicted octanol–water partition coefficient (Wildman–Crippen LogP) is -1.08. The molecule has 0 aromatic carbocycles. The molecule has 5 heterocycles. The number of pyridine rings is 1. The lowest BCUT2D eigenvalue weighted by atomic mass is 9.88. The smallest absolute Gasteiger partial charge is 0.233 e. The van der Waals surface area contributed by atoms with Crippen molar-refractivity contribution in [3.8, 4) is 0 Å². The maximum absolute atomic E-state index is 13.7. The average Bonchev–Trinajstić information content (AvgIpc) is 3.23. The number of anilines is 2. The maximum Gasteiger partial charge on any atom is 0.233 e. The zero-order chi connectivity index (χ0) is 21.7. The molecule has 0 bridgehead atoms. The summed E-state index contributed by atoms with van der Waals surface area (Å²) in [5.41, 5.74) is 10.6. The van der Waals surface area contributed by atoms with Crippen LogP contribution < -0.4 is 26.7 Å². The Bertz CT molecular complexity index is 871. The number of nitrogens with two attached hydrogens (primary N) is 1. The quantitative estimate of drug-likeness (QED) is 0.477. The zero-order valence-electron chi connectivity index (χ0n) is 17.5. The predicted molar refractivity (Wildman–Crippen MR) is 112 cm³/mol. The number of nitrogens with zero attached hydrogens (tertiary/aromatic N) is 4. The van der Waals surface area contributed by atoms with Crippen molar-refractivity contribution in [1.29, 1.82) is 0 Å². The van der Waals surface area contributed by atoms with Gasteiger partial charge in [-0.3, -0.25) is 19.9 Å². The van der Waals surface area contributed by atoms with Crippen molar-refractivity contribution in [3.05, 3.63) is 18.5 Å². The van der Waals surface area contributed by atoms with Gasteiger partial charge in [-0.2, -0.15) is 0 Å². The molecule has 5 rings (SSSR count). The Balaban J connectivity index is 1.32. The molecule has 4 unspecified atom stereocenters. The third-order valence-corrected chi connectivity index (χ3v) is 6.98. The standard InChI is InChI=1S/C20H29FN8O2/c1-27-8-11-3-5-28(10-13(11)20(27)31)15-2-4-23-7-14(15)25-19(30)16-17(22)26-29-9-12(21)6-24-18(16)29/h2,4,7,11-13,16-18,24,26H,3,5-6,8-10,22H2,1H3,(H,25,30)/t11-,12?,13-,16?,17?,18?/m0/s1. The molecule has 2 amide bonds. The number of carbonyl (C=O) groups is 2. The van der Waals surface area contributed by atoms with Crippen molar-refractivity contribution in [2.24, 2.45) is 23.5 Å². The summed E-state index contributed by atoms with van der Waals surface area (Å²) in [5, 5.41) is 7.72. The number of nitrogens with one attached hydrogen (secondary N) is 3. The van der Waals surface area contributed by atoms with Gasteiger partial charge in [0.15, 0.2) is 0 Å². The number of hydrogen-bond acceptors (Lipinski definition) is 8. The molecular weight excluding hydrogens is 403 g/mol. The summed E-state index contributed by atoms with van der Waals surface area (Å²) in [6.07, 6.45) is 2.24. The largest absolute Gasteiger partial charge is 0.369 e. The summed E-state index contributed by atoms with van der Waals surface area (Å²) in [6.45, 7) is 2.63. The molecular formula is C20H29FN8O2. The molecule has 0 radical (unpaired) electrons. The molecule has 0 saturated carbocycles. The van der Waals surface area contributed by atoms with E-state index < -0.39 is 18.3 Å². The SMILES string of the molecule is CN1C[C@@H]2CCN(c3ccncc3NC(=O)C3C(N)NN4CC(F)CNC34)C[C@@H]2C1=O. The first-order valence-electron chi connectivity index (χ1n) is 10.8. The van der Waals surface area contributed by atoms with Crippen molar-refractivity contribution in [2.75, 3.05) is 50.0 Å². The monoisotopic (exact) mass is 432 g/mol.